The first-order chi connectivity index (χ1) is 9.99. The lowest BCUT2D eigenvalue weighted by Crippen LogP contribution is -2.55. The molecular formula is C14H24N2O5. The second kappa shape index (κ2) is 7.09. The van der Waals surface area contributed by atoms with Crippen LogP contribution in [0.25, 0.3) is 0 Å². The Kier molecular flexibility index (Phi) is 5.41. The van der Waals surface area contributed by atoms with Crippen LogP contribution < -0.4 is 0 Å². The number of likely N-dealkylation sites (tertiary alicyclic amines) is 1. The number of morpholine rings is 1. The van der Waals surface area contributed by atoms with Crippen molar-refractivity contribution < 1.29 is 24.5 Å². The van der Waals surface area contributed by atoms with E-state index >= 15 is 0 Å². The summed E-state index contributed by atoms with van der Waals surface area (Å²) in [5.74, 6) is -0.676. The lowest BCUT2D eigenvalue weighted by Gasteiger charge is -2.41. The fourth-order valence-corrected chi connectivity index (χ4v) is 3.03. The number of amides is 2. The largest absolute Gasteiger partial charge is 0.481 e. The summed E-state index contributed by atoms with van der Waals surface area (Å²) in [6, 6.07) is -0.494. The third-order valence-electron chi connectivity index (χ3n) is 4.38. The first kappa shape index (κ1) is 16.0. The zero-order valence-electron chi connectivity index (χ0n) is 12.4. The van der Waals surface area contributed by atoms with E-state index in [2.05, 4.69) is 0 Å². The highest BCUT2D eigenvalue weighted by Gasteiger charge is 2.34. The number of carbonyl (C=O) groups excluding carboxylic acids is 1. The number of hydrogen-bond donors (Lipinski definition) is 2. The lowest BCUT2D eigenvalue weighted by atomic mass is 9.92. The minimum absolute atomic E-state index is 0.0874. The van der Waals surface area contributed by atoms with E-state index in [9.17, 15) is 14.7 Å². The highest BCUT2D eigenvalue weighted by Crippen LogP contribution is 2.22. The van der Waals surface area contributed by atoms with Gasteiger partial charge in [-0.05, 0) is 25.7 Å². The van der Waals surface area contributed by atoms with Crippen molar-refractivity contribution in [3.05, 3.63) is 0 Å². The maximum atomic E-state index is 12.6. The molecule has 0 aromatic rings. The number of rotatable bonds is 3. The molecule has 2 aliphatic rings. The molecule has 2 N–H and O–H groups in total. The van der Waals surface area contributed by atoms with Gasteiger partial charge in [-0.1, -0.05) is 0 Å². The van der Waals surface area contributed by atoms with Crippen LogP contribution in [0.3, 0.4) is 0 Å². The summed E-state index contributed by atoms with van der Waals surface area (Å²) in [6.07, 6.45) is 1.15. The molecule has 0 aromatic heterocycles. The van der Waals surface area contributed by atoms with Gasteiger partial charge in [0.1, 0.15) is 0 Å². The van der Waals surface area contributed by atoms with Gasteiger partial charge in [-0.2, -0.15) is 0 Å². The number of carboxylic acid groups (broad SMARTS) is 1. The molecular weight excluding hydrogens is 276 g/mol. The highest BCUT2D eigenvalue weighted by molar-refractivity contribution is 5.76. The van der Waals surface area contributed by atoms with Gasteiger partial charge in [0.05, 0.1) is 31.8 Å². The van der Waals surface area contributed by atoms with Gasteiger partial charge in [0.15, 0.2) is 0 Å². The van der Waals surface area contributed by atoms with Gasteiger partial charge in [-0.15, -0.1) is 0 Å². The number of ether oxygens (including phenoxy) is 1. The van der Waals surface area contributed by atoms with Crippen LogP contribution in [-0.4, -0.2) is 77.0 Å². The van der Waals surface area contributed by atoms with Crippen molar-refractivity contribution in [1.82, 2.24) is 9.80 Å². The predicted octanol–water partition coefficient (Wildman–Crippen LogP) is 0.375. The topological polar surface area (TPSA) is 90.3 Å². The zero-order valence-corrected chi connectivity index (χ0v) is 12.4. The van der Waals surface area contributed by atoms with Crippen molar-refractivity contribution in [2.75, 3.05) is 32.8 Å². The van der Waals surface area contributed by atoms with E-state index in [1.54, 1.807) is 16.7 Å². The lowest BCUT2D eigenvalue weighted by molar-refractivity contribution is -0.139. The van der Waals surface area contributed by atoms with Crippen LogP contribution in [0.4, 0.5) is 4.79 Å². The average molecular weight is 300 g/mol. The molecule has 2 amide bonds. The maximum absolute atomic E-state index is 12.6. The highest BCUT2D eigenvalue weighted by atomic mass is 16.5. The number of aliphatic hydroxyl groups excluding tert-OH is 1. The number of carboxylic acids is 1. The third-order valence-corrected chi connectivity index (χ3v) is 4.38. The first-order valence-electron chi connectivity index (χ1n) is 7.52. The molecule has 7 heteroatoms. The SMILES string of the molecule is CC(O)C1CCN(C(=O)N2CCOCC2CC(=O)O)CC1. The molecule has 0 aliphatic carbocycles. The molecule has 2 fully saturated rings. The molecule has 0 spiro atoms. The van der Waals surface area contributed by atoms with Crippen LogP contribution in [-0.2, 0) is 9.53 Å². The number of piperidine rings is 1. The second-order valence-electron chi connectivity index (χ2n) is 5.87. The fraction of sp³-hybridized carbons (Fsp3) is 0.857. The van der Waals surface area contributed by atoms with Crippen molar-refractivity contribution in [1.29, 1.82) is 0 Å². The minimum Gasteiger partial charge on any atom is -0.481 e. The van der Waals surface area contributed by atoms with E-state index in [1.807, 2.05) is 0 Å². The Labute approximate surface area is 124 Å². The minimum atomic E-state index is -0.920. The molecule has 0 aromatic carbocycles. The summed E-state index contributed by atoms with van der Waals surface area (Å²) in [4.78, 5) is 26.8. The Bertz CT molecular complexity index is 380. The van der Waals surface area contributed by atoms with Gasteiger partial charge >= 0.3 is 12.0 Å². The summed E-state index contributed by atoms with van der Waals surface area (Å²) in [6.45, 7) is 4.19. The summed E-state index contributed by atoms with van der Waals surface area (Å²) in [5, 5.41) is 18.5. The molecule has 2 atom stereocenters. The summed E-state index contributed by atoms with van der Waals surface area (Å²) in [7, 11) is 0. The van der Waals surface area contributed by atoms with Crippen LogP contribution in [0.15, 0.2) is 0 Å². The smallest absolute Gasteiger partial charge is 0.320 e. The van der Waals surface area contributed by atoms with E-state index in [4.69, 9.17) is 9.84 Å². The van der Waals surface area contributed by atoms with E-state index in [1.165, 1.54) is 0 Å². The molecule has 2 saturated heterocycles. The first-order valence-corrected chi connectivity index (χ1v) is 7.52. The monoisotopic (exact) mass is 300 g/mol. The van der Waals surface area contributed by atoms with Gasteiger partial charge in [0.2, 0.25) is 0 Å². The van der Waals surface area contributed by atoms with Crippen molar-refractivity contribution in [2.45, 2.75) is 38.3 Å². The Balaban J connectivity index is 1.93. The second-order valence-corrected chi connectivity index (χ2v) is 5.87. The molecule has 0 bridgehead atoms. The quantitative estimate of drug-likeness (QED) is 0.786. The third kappa shape index (κ3) is 4.07. The number of hydrogen-bond acceptors (Lipinski definition) is 4. The molecule has 2 rings (SSSR count). The van der Waals surface area contributed by atoms with Crippen molar-refractivity contribution >= 4 is 12.0 Å². The normalized spacial score (nSPS) is 25.7. The molecule has 2 heterocycles. The zero-order chi connectivity index (χ0) is 15.4. The van der Waals surface area contributed by atoms with Crippen LogP contribution in [0.2, 0.25) is 0 Å². The standard InChI is InChI=1S/C14H24N2O5/c1-10(17)11-2-4-15(5-3-11)14(20)16-6-7-21-9-12(16)8-13(18)19/h10-12,17H,2-9H2,1H3,(H,18,19). The van der Waals surface area contributed by atoms with E-state index in [0.29, 0.717) is 26.2 Å². The van der Waals surface area contributed by atoms with Gasteiger partial charge in [-0.3, -0.25) is 4.79 Å². The van der Waals surface area contributed by atoms with E-state index in [-0.39, 0.29) is 31.1 Å². The molecule has 2 aliphatic heterocycles. The van der Waals surface area contributed by atoms with Crippen molar-refractivity contribution in [2.24, 2.45) is 5.92 Å². The molecule has 7 nitrogen and oxygen atoms in total. The Morgan fingerprint density at radius 2 is 1.95 bits per heavy atom. The van der Waals surface area contributed by atoms with Crippen LogP contribution in [0, 0.1) is 5.92 Å². The predicted molar refractivity (Wildman–Crippen MR) is 74.9 cm³/mol. The molecule has 21 heavy (non-hydrogen) atoms. The number of urea groups is 1. The number of aliphatic carboxylic acids is 1. The number of nitrogens with zero attached hydrogens (tertiary/aromatic N) is 2. The number of carbonyl (C=O) groups is 2. The Hall–Kier alpha value is -1.34. The van der Waals surface area contributed by atoms with Crippen LogP contribution >= 0.6 is 0 Å². The van der Waals surface area contributed by atoms with Gasteiger partial charge in [0, 0.05) is 19.6 Å². The maximum Gasteiger partial charge on any atom is 0.320 e. The summed E-state index contributed by atoms with van der Waals surface area (Å²) >= 11 is 0. The van der Waals surface area contributed by atoms with Crippen molar-refractivity contribution in [3.63, 3.8) is 0 Å². The van der Waals surface area contributed by atoms with Crippen LogP contribution in [0.1, 0.15) is 26.2 Å². The summed E-state index contributed by atoms with van der Waals surface area (Å²) in [5.41, 5.74) is 0. The number of aliphatic hydroxyl groups is 1. The molecule has 0 saturated carbocycles. The van der Waals surface area contributed by atoms with Gasteiger partial charge in [0.25, 0.3) is 0 Å². The Morgan fingerprint density at radius 3 is 2.52 bits per heavy atom. The van der Waals surface area contributed by atoms with Crippen LogP contribution in [0.5, 0.6) is 0 Å². The molecule has 2 unspecified atom stereocenters. The Morgan fingerprint density at radius 1 is 1.29 bits per heavy atom. The fourth-order valence-electron chi connectivity index (χ4n) is 3.03. The van der Waals surface area contributed by atoms with E-state index in [0.717, 1.165) is 12.8 Å². The van der Waals surface area contributed by atoms with E-state index < -0.39 is 12.0 Å². The van der Waals surface area contributed by atoms with Gasteiger partial charge < -0.3 is 24.7 Å². The van der Waals surface area contributed by atoms with Gasteiger partial charge in [-0.25, -0.2) is 4.79 Å². The average Bonchev–Trinajstić information content (AvgIpc) is 2.46. The molecule has 120 valence electrons. The summed E-state index contributed by atoms with van der Waals surface area (Å²) < 4.78 is 5.29. The molecule has 0 radical (unpaired) electrons. The van der Waals surface area contributed by atoms with Crippen molar-refractivity contribution in [3.8, 4) is 0 Å².